The minimum absolute atomic E-state index is 0.0192. The zero-order valence-corrected chi connectivity index (χ0v) is 11.5. The van der Waals surface area contributed by atoms with Crippen LogP contribution in [0, 0.1) is 5.41 Å². The first-order valence-corrected chi connectivity index (χ1v) is 6.37. The second kappa shape index (κ2) is 5.13. The molecule has 1 heterocycles. The number of carbonyl (C=O) groups excluding carboxylic acids is 1. The molecule has 0 radical (unpaired) electrons. The van der Waals surface area contributed by atoms with Gasteiger partial charge in [0.1, 0.15) is 5.75 Å². The van der Waals surface area contributed by atoms with Crippen molar-refractivity contribution in [1.82, 2.24) is 0 Å². The van der Waals surface area contributed by atoms with Crippen LogP contribution in [0.3, 0.4) is 0 Å². The first kappa shape index (κ1) is 14.3. The molecule has 0 bridgehead atoms. The molecule has 1 aromatic carbocycles. The number of carboxylic acid groups (broad SMARTS) is 1. The molecular formula is C14H18N2O4. The monoisotopic (exact) mass is 278 g/mol. The van der Waals surface area contributed by atoms with Gasteiger partial charge >= 0.3 is 5.97 Å². The van der Waals surface area contributed by atoms with Gasteiger partial charge in [-0.05, 0) is 26.0 Å². The van der Waals surface area contributed by atoms with Gasteiger partial charge in [0.15, 0.2) is 0 Å². The van der Waals surface area contributed by atoms with Crippen molar-refractivity contribution in [3.8, 4) is 5.75 Å². The highest BCUT2D eigenvalue weighted by Gasteiger charge is 2.38. The van der Waals surface area contributed by atoms with Gasteiger partial charge in [-0.25, -0.2) is 4.79 Å². The molecule has 1 aliphatic rings. The lowest BCUT2D eigenvalue weighted by molar-refractivity contribution is -0.145. The Morgan fingerprint density at radius 1 is 1.45 bits per heavy atom. The van der Waals surface area contributed by atoms with Gasteiger partial charge in [-0.3, -0.25) is 4.79 Å². The molecule has 1 aliphatic heterocycles. The van der Waals surface area contributed by atoms with E-state index in [2.05, 4.69) is 0 Å². The molecule has 0 fully saturated rings. The van der Waals surface area contributed by atoms with Crippen LogP contribution in [0.4, 0.5) is 5.69 Å². The second-order valence-corrected chi connectivity index (χ2v) is 5.42. The first-order chi connectivity index (χ1) is 9.36. The molecule has 0 aromatic heterocycles. The maximum absolute atomic E-state index is 12.6. The van der Waals surface area contributed by atoms with Gasteiger partial charge in [0, 0.05) is 6.54 Å². The lowest BCUT2D eigenvalue weighted by Gasteiger charge is -2.37. The number of nitrogens with zero attached hydrogens (tertiary/aromatic N) is 1. The van der Waals surface area contributed by atoms with Crippen LogP contribution in [-0.4, -0.2) is 36.2 Å². The summed E-state index contributed by atoms with van der Waals surface area (Å²) in [6.07, 6.45) is -1.07. The summed E-state index contributed by atoms with van der Waals surface area (Å²) >= 11 is 0. The number of benzene rings is 1. The van der Waals surface area contributed by atoms with E-state index in [9.17, 15) is 9.59 Å². The van der Waals surface area contributed by atoms with E-state index in [0.29, 0.717) is 11.4 Å². The van der Waals surface area contributed by atoms with Crippen molar-refractivity contribution in [3.63, 3.8) is 0 Å². The topological polar surface area (TPSA) is 92.9 Å². The average Bonchev–Trinajstić information content (AvgIpc) is 2.45. The fraction of sp³-hybridized carbons (Fsp3) is 0.429. The summed E-state index contributed by atoms with van der Waals surface area (Å²) in [4.78, 5) is 25.2. The Balaban J connectivity index is 2.41. The molecule has 2 rings (SSSR count). The van der Waals surface area contributed by atoms with E-state index in [1.165, 1.54) is 4.90 Å². The van der Waals surface area contributed by atoms with Crippen molar-refractivity contribution in [1.29, 1.82) is 0 Å². The molecule has 20 heavy (non-hydrogen) atoms. The number of rotatable bonds is 3. The Labute approximate surface area is 117 Å². The quantitative estimate of drug-likeness (QED) is 0.855. The molecule has 1 atom stereocenters. The van der Waals surface area contributed by atoms with Gasteiger partial charge in [-0.15, -0.1) is 0 Å². The van der Waals surface area contributed by atoms with Crippen LogP contribution < -0.4 is 15.4 Å². The Morgan fingerprint density at radius 2 is 2.10 bits per heavy atom. The van der Waals surface area contributed by atoms with Crippen LogP contribution in [-0.2, 0) is 9.59 Å². The maximum Gasteiger partial charge on any atom is 0.346 e. The third kappa shape index (κ3) is 2.46. The Kier molecular flexibility index (Phi) is 3.67. The lowest BCUT2D eigenvalue weighted by atomic mass is 9.91. The molecule has 6 heteroatoms. The van der Waals surface area contributed by atoms with Crippen molar-refractivity contribution in [2.75, 3.05) is 18.0 Å². The standard InChI is InChI=1S/C14H18N2O4/c1-14(2,8-15)13(19)16-7-11(12(17)18)20-10-6-4-3-5-9(10)16/h3-6,11H,7-8,15H2,1-2H3,(H,17,18). The van der Waals surface area contributed by atoms with E-state index in [4.69, 9.17) is 15.6 Å². The fourth-order valence-corrected chi connectivity index (χ4v) is 2.01. The van der Waals surface area contributed by atoms with Gasteiger partial charge in [0.25, 0.3) is 0 Å². The van der Waals surface area contributed by atoms with Gasteiger partial charge in [0.05, 0.1) is 17.6 Å². The molecule has 0 aliphatic carbocycles. The number of carboxylic acids is 1. The third-order valence-corrected chi connectivity index (χ3v) is 3.38. The third-order valence-electron chi connectivity index (χ3n) is 3.38. The van der Waals surface area contributed by atoms with Crippen LogP contribution in [0.15, 0.2) is 24.3 Å². The molecule has 1 amide bonds. The van der Waals surface area contributed by atoms with Gasteiger partial charge < -0.3 is 20.5 Å². The van der Waals surface area contributed by atoms with E-state index in [1.807, 2.05) is 0 Å². The van der Waals surface area contributed by atoms with E-state index in [-0.39, 0.29) is 19.0 Å². The second-order valence-electron chi connectivity index (χ2n) is 5.42. The number of carbonyl (C=O) groups is 2. The number of hydrogen-bond donors (Lipinski definition) is 2. The smallest absolute Gasteiger partial charge is 0.346 e. The van der Waals surface area contributed by atoms with Crippen LogP contribution in [0.5, 0.6) is 5.75 Å². The largest absolute Gasteiger partial charge is 0.478 e. The molecule has 1 unspecified atom stereocenters. The number of nitrogens with two attached hydrogens (primary N) is 1. The van der Waals surface area contributed by atoms with Crippen molar-refractivity contribution in [2.24, 2.45) is 11.1 Å². The van der Waals surface area contributed by atoms with Crippen LogP contribution in [0.2, 0.25) is 0 Å². The fourth-order valence-electron chi connectivity index (χ4n) is 2.01. The highest BCUT2D eigenvalue weighted by atomic mass is 16.5. The summed E-state index contributed by atoms with van der Waals surface area (Å²) in [5.41, 5.74) is 5.46. The SMILES string of the molecule is CC(C)(CN)C(=O)N1CC(C(=O)O)Oc2ccccc21. The summed E-state index contributed by atoms with van der Waals surface area (Å²) < 4.78 is 5.40. The number of amides is 1. The van der Waals surface area contributed by atoms with Gasteiger partial charge in [0.2, 0.25) is 12.0 Å². The minimum Gasteiger partial charge on any atom is -0.478 e. The zero-order valence-electron chi connectivity index (χ0n) is 11.5. The van der Waals surface area contributed by atoms with Crippen LogP contribution in [0.25, 0.3) is 0 Å². The Bertz CT molecular complexity index is 542. The van der Waals surface area contributed by atoms with E-state index >= 15 is 0 Å². The maximum atomic E-state index is 12.6. The Hall–Kier alpha value is -2.08. The summed E-state index contributed by atoms with van der Waals surface area (Å²) in [6.45, 7) is 3.64. The number of ether oxygens (including phenoxy) is 1. The van der Waals surface area contributed by atoms with Crippen molar-refractivity contribution in [2.45, 2.75) is 20.0 Å². The number of anilines is 1. The van der Waals surface area contributed by atoms with Gasteiger partial charge in [-0.2, -0.15) is 0 Å². The summed E-state index contributed by atoms with van der Waals surface area (Å²) in [5, 5.41) is 9.14. The lowest BCUT2D eigenvalue weighted by Crippen LogP contribution is -2.52. The molecule has 0 spiro atoms. The highest BCUT2D eigenvalue weighted by Crippen LogP contribution is 2.35. The van der Waals surface area contributed by atoms with E-state index < -0.39 is 17.5 Å². The van der Waals surface area contributed by atoms with Crippen LogP contribution >= 0.6 is 0 Å². The molecular weight excluding hydrogens is 260 g/mol. The summed E-state index contributed by atoms with van der Waals surface area (Å²) in [6, 6.07) is 6.90. The zero-order chi connectivity index (χ0) is 14.9. The minimum atomic E-state index is -1.09. The molecule has 108 valence electrons. The predicted octanol–water partition coefficient (Wildman–Crippen LogP) is 0.850. The number of fused-ring (bicyclic) bond motifs is 1. The molecule has 1 aromatic rings. The number of aliphatic carboxylic acids is 1. The predicted molar refractivity (Wildman–Crippen MR) is 73.7 cm³/mol. The van der Waals surface area contributed by atoms with E-state index in [1.54, 1.807) is 38.1 Å². The van der Waals surface area contributed by atoms with Crippen molar-refractivity contribution < 1.29 is 19.4 Å². The highest BCUT2D eigenvalue weighted by molar-refractivity contribution is 6.00. The average molecular weight is 278 g/mol. The van der Waals surface area contributed by atoms with E-state index in [0.717, 1.165) is 0 Å². The summed E-state index contributed by atoms with van der Waals surface area (Å²) in [7, 11) is 0. The number of para-hydroxylation sites is 2. The molecule has 3 N–H and O–H groups in total. The Morgan fingerprint density at radius 3 is 2.70 bits per heavy atom. The van der Waals surface area contributed by atoms with Gasteiger partial charge in [-0.1, -0.05) is 12.1 Å². The molecule has 0 saturated heterocycles. The summed E-state index contributed by atoms with van der Waals surface area (Å²) in [5.74, 6) is -0.905. The molecule has 6 nitrogen and oxygen atoms in total. The van der Waals surface area contributed by atoms with Crippen molar-refractivity contribution in [3.05, 3.63) is 24.3 Å². The first-order valence-electron chi connectivity index (χ1n) is 6.37. The molecule has 0 saturated carbocycles. The van der Waals surface area contributed by atoms with Crippen LogP contribution in [0.1, 0.15) is 13.8 Å². The normalized spacial score (nSPS) is 18.1. The van der Waals surface area contributed by atoms with Crippen molar-refractivity contribution >= 4 is 17.6 Å². The number of hydrogen-bond acceptors (Lipinski definition) is 4.